The Labute approximate surface area is 194 Å². The second-order valence-corrected chi connectivity index (χ2v) is 8.33. The quantitative estimate of drug-likeness (QED) is 0.661. The van der Waals surface area contributed by atoms with Crippen LogP contribution >= 0.6 is 11.6 Å². The molecule has 0 bridgehead atoms. The van der Waals surface area contributed by atoms with E-state index in [4.69, 9.17) is 16.3 Å². The minimum atomic E-state index is -4.67. The van der Waals surface area contributed by atoms with Crippen molar-refractivity contribution in [3.63, 3.8) is 0 Å². The molecule has 4 rings (SSSR count). The summed E-state index contributed by atoms with van der Waals surface area (Å²) >= 11 is 6.01. The van der Waals surface area contributed by atoms with Crippen molar-refractivity contribution in [2.45, 2.75) is 19.6 Å². The van der Waals surface area contributed by atoms with E-state index in [-0.39, 0.29) is 23.4 Å². The molecule has 0 spiro atoms. The molecular formula is C24H23ClF3N3O2. The van der Waals surface area contributed by atoms with E-state index in [1.807, 2.05) is 0 Å². The van der Waals surface area contributed by atoms with Crippen LogP contribution in [-0.2, 0) is 17.5 Å². The highest BCUT2D eigenvalue weighted by Crippen LogP contribution is 2.42. The third-order valence-electron chi connectivity index (χ3n) is 5.65. The lowest BCUT2D eigenvalue weighted by Crippen LogP contribution is -2.42. The molecule has 1 aromatic heterocycles. The second-order valence-electron chi connectivity index (χ2n) is 7.89. The Hall–Kier alpha value is -2.97. The molecule has 5 nitrogen and oxygen atoms in total. The molecule has 0 saturated carbocycles. The third-order valence-corrected chi connectivity index (χ3v) is 5.91. The van der Waals surface area contributed by atoms with Crippen molar-refractivity contribution >= 4 is 17.5 Å². The number of carbonyl (C=O) groups excluding carboxylic acids is 1. The van der Waals surface area contributed by atoms with E-state index in [9.17, 15) is 18.0 Å². The van der Waals surface area contributed by atoms with Gasteiger partial charge in [-0.25, -0.2) is 0 Å². The normalized spacial score (nSPS) is 16.6. The summed E-state index contributed by atoms with van der Waals surface area (Å²) < 4.78 is 49.5. The number of hydrogen-bond donors (Lipinski definition) is 1. The zero-order chi connectivity index (χ0) is 23.8. The highest BCUT2D eigenvalue weighted by Gasteiger charge is 2.42. The fourth-order valence-corrected chi connectivity index (χ4v) is 4.34. The molecule has 1 aromatic carbocycles. The lowest BCUT2D eigenvalue weighted by molar-refractivity contribution is -0.143. The van der Waals surface area contributed by atoms with E-state index in [2.05, 4.69) is 11.9 Å². The maximum Gasteiger partial charge on any atom is 0.431 e. The zero-order valence-electron chi connectivity index (χ0n) is 18.0. The van der Waals surface area contributed by atoms with Crippen LogP contribution in [0.15, 0.2) is 60.5 Å². The standard InChI is InChI=1S/C24H23ClF3N3O2/c1-15-4-3-5-19(29-15)14-31-21(23(32)30-10-12-33-13-11-30)20(16(2)22(31)24(26,27)28)17-6-8-18(25)9-7-17/h3-9,29H,1,10-14H2,2H3. The maximum atomic E-state index is 14.4. The molecule has 0 aliphatic carbocycles. The first-order chi connectivity index (χ1) is 15.7. The molecule has 1 amide bonds. The van der Waals surface area contributed by atoms with E-state index >= 15 is 0 Å². The van der Waals surface area contributed by atoms with Gasteiger partial charge < -0.3 is 19.5 Å². The van der Waals surface area contributed by atoms with Gasteiger partial charge in [0.25, 0.3) is 5.91 Å². The van der Waals surface area contributed by atoms with E-state index in [0.29, 0.717) is 48.3 Å². The Morgan fingerprint density at radius 3 is 2.48 bits per heavy atom. The molecule has 9 heteroatoms. The number of hydrogen-bond acceptors (Lipinski definition) is 3. The number of ether oxygens (including phenoxy) is 1. The average molecular weight is 478 g/mol. The molecule has 0 atom stereocenters. The van der Waals surface area contributed by atoms with Crippen molar-refractivity contribution in [3.8, 4) is 11.1 Å². The van der Waals surface area contributed by atoms with Gasteiger partial charge in [0.15, 0.2) is 0 Å². The summed E-state index contributed by atoms with van der Waals surface area (Å²) in [6.07, 6.45) is 0.432. The topological polar surface area (TPSA) is 46.5 Å². The third kappa shape index (κ3) is 4.72. The van der Waals surface area contributed by atoms with Crippen molar-refractivity contribution < 1.29 is 22.7 Å². The van der Waals surface area contributed by atoms with Crippen LogP contribution < -0.4 is 5.32 Å². The van der Waals surface area contributed by atoms with Gasteiger partial charge in [-0.15, -0.1) is 0 Å². The molecule has 174 valence electrons. The molecule has 2 aliphatic rings. The van der Waals surface area contributed by atoms with Crippen LogP contribution in [0.25, 0.3) is 11.1 Å². The van der Waals surface area contributed by atoms with Crippen LogP contribution in [0.4, 0.5) is 13.2 Å². The van der Waals surface area contributed by atoms with E-state index < -0.39 is 17.8 Å². The van der Waals surface area contributed by atoms with Gasteiger partial charge in [-0.1, -0.05) is 36.4 Å². The molecule has 1 N–H and O–H groups in total. The Morgan fingerprint density at radius 1 is 1.21 bits per heavy atom. The monoisotopic (exact) mass is 477 g/mol. The maximum absolute atomic E-state index is 14.4. The van der Waals surface area contributed by atoms with E-state index in [1.165, 1.54) is 11.8 Å². The summed E-state index contributed by atoms with van der Waals surface area (Å²) in [5.41, 5.74) is 0.936. The number of allylic oxidation sites excluding steroid dienone is 4. The number of amides is 1. The molecule has 1 fully saturated rings. The largest absolute Gasteiger partial charge is 0.431 e. The first-order valence-corrected chi connectivity index (χ1v) is 10.8. The van der Waals surface area contributed by atoms with Crippen LogP contribution in [0, 0.1) is 6.92 Å². The lowest BCUT2D eigenvalue weighted by Gasteiger charge is -2.28. The summed E-state index contributed by atoms with van der Waals surface area (Å²) in [6, 6.07) is 6.47. The van der Waals surface area contributed by atoms with Crippen LogP contribution in [0.3, 0.4) is 0 Å². The number of rotatable bonds is 4. The Bertz CT molecular complexity index is 1140. The van der Waals surface area contributed by atoms with Gasteiger partial charge in [-0.2, -0.15) is 13.2 Å². The number of nitrogens with zero attached hydrogens (tertiary/aromatic N) is 2. The molecule has 1 saturated heterocycles. The first kappa shape index (κ1) is 23.2. The number of benzene rings is 1. The number of nitrogens with one attached hydrogen (secondary N) is 1. The summed E-state index contributed by atoms with van der Waals surface area (Å²) in [6.45, 7) is 6.35. The highest BCUT2D eigenvalue weighted by atomic mass is 35.5. The second kappa shape index (κ2) is 9.11. The highest BCUT2D eigenvalue weighted by molar-refractivity contribution is 6.30. The average Bonchev–Trinajstić information content (AvgIpc) is 3.06. The number of halogens is 4. The molecule has 33 heavy (non-hydrogen) atoms. The van der Waals surface area contributed by atoms with Gasteiger partial charge >= 0.3 is 6.18 Å². The van der Waals surface area contributed by atoms with Gasteiger partial charge in [-0.3, -0.25) is 4.79 Å². The predicted molar refractivity (Wildman–Crippen MR) is 121 cm³/mol. The van der Waals surface area contributed by atoms with Gasteiger partial charge in [0.2, 0.25) is 0 Å². The minimum Gasteiger partial charge on any atom is -0.378 e. The Kier molecular flexibility index (Phi) is 6.41. The molecule has 3 heterocycles. The van der Waals surface area contributed by atoms with Gasteiger partial charge in [0, 0.05) is 35.1 Å². The predicted octanol–water partition coefficient (Wildman–Crippen LogP) is 5.17. The van der Waals surface area contributed by atoms with Crippen molar-refractivity contribution in [3.05, 3.63) is 82.4 Å². The van der Waals surface area contributed by atoms with Crippen LogP contribution in [0.1, 0.15) is 21.7 Å². The van der Waals surface area contributed by atoms with Crippen molar-refractivity contribution in [2.24, 2.45) is 0 Å². The van der Waals surface area contributed by atoms with Crippen LogP contribution in [0.2, 0.25) is 5.02 Å². The van der Waals surface area contributed by atoms with Crippen molar-refractivity contribution in [1.29, 1.82) is 0 Å². The fraction of sp³-hybridized carbons (Fsp3) is 0.292. The summed E-state index contributed by atoms with van der Waals surface area (Å²) in [7, 11) is 0. The zero-order valence-corrected chi connectivity index (χ0v) is 18.8. The number of alkyl halides is 3. The summed E-state index contributed by atoms with van der Waals surface area (Å²) in [4.78, 5) is 15.2. The Morgan fingerprint density at radius 2 is 1.88 bits per heavy atom. The molecule has 0 unspecified atom stereocenters. The number of dihydropyridines is 1. The number of aromatic nitrogens is 1. The van der Waals surface area contributed by atoms with Crippen LogP contribution in [0.5, 0.6) is 0 Å². The number of morpholine rings is 1. The summed E-state index contributed by atoms with van der Waals surface area (Å²) in [5.74, 6) is -0.465. The summed E-state index contributed by atoms with van der Waals surface area (Å²) in [5, 5.41) is 3.45. The van der Waals surface area contributed by atoms with Gasteiger partial charge in [-0.05, 0) is 42.3 Å². The smallest absolute Gasteiger partial charge is 0.378 e. The van der Waals surface area contributed by atoms with Crippen molar-refractivity contribution in [2.75, 3.05) is 26.3 Å². The van der Waals surface area contributed by atoms with Crippen LogP contribution in [-0.4, -0.2) is 41.7 Å². The fourth-order valence-electron chi connectivity index (χ4n) is 4.21. The first-order valence-electron chi connectivity index (χ1n) is 10.4. The van der Waals surface area contributed by atoms with Gasteiger partial charge in [0.05, 0.1) is 19.8 Å². The molecule has 2 aromatic rings. The van der Waals surface area contributed by atoms with Gasteiger partial charge in [0.1, 0.15) is 11.4 Å². The SMILES string of the molecule is C=C1C=CC=C(Cn2c(C(=O)N3CCOCC3)c(-c3ccc(Cl)cc3)c(C)c2C(F)(F)F)N1. The Balaban J connectivity index is 1.95. The molecule has 2 aliphatic heterocycles. The van der Waals surface area contributed by atoms with E-state index in [1.54, 1.807) is 42.5 Å². The lowest BCUT2D eigenvalue weighted by atomic mass is 10.00. The molecule has 0 radical (unpaired) electrons. The molecular weight excluding hydrogens is 455 g/mol. The van der Waals surface area contributed by atoms with Crippen molar-refractivity contribution in [1.82, 2.24) is 14.8 Å². The number of carbonyl (C=O) groups is 1. The minimum absolute atomic E-state index is 0.00721. The van der Waals surface area contributed by atoms with E-state index in [0.717, 1.165) is 4.57 Å².